The Morgan fingerprint density at radius 1 is 0.379 bits per heavy atom. The third kappa shape index (κ3) is 7.57. The van der Waals surface area contributed by atoms with Gasteiger partial charge in [0.15, 0.2) is 0 Å². The van der Waals surface area contributed by atoms with Crippen LogP contribution in [0.15, 0.2) is 176 Å². The molecule has 0 bridgehead atoms. The van der Waals surface area contributed by atoms with E-state index >= 15 is 0 Å². The quantitative estimate of drug-likeness (QED) is 0.154. The van der Waals surface area contributed by atoms with Crippen LogP contribution in [0.1, 0.15) is 104 Å². The Kier molecular flexibility index (Phi) is 10.6. The van der Waals surface area contributed by atoms with E-state index in [-0.39, 0.29) is 23.0 Å². The van der Waals surface area contributed by atoms with Crippen LogP contribution < -0.4 is 26.2 Å². The highest BCUT2D eigenvalue weighted by molar-refractivity contribution is 7.00. The van der Waals surface area contributed by atoms with Crippen molar-refractivity contribution in [3.63, 3.8) is 0 Å². The van der Waals surface area contributed by atoms with E-state index in [1.165, 1.54) is 100 Å². The molecule has 0 fully saturated rings. The number of nitrogens with zero attached hydrogens (tertiary/aromatic N) is 2. The molecule has 10 rings (SSSR count). The second-order valence-electron chi connectivity index (χ2n) is 22.1. The second kappa shape index (κ2) is 16.1. The summed E-state index contributed by atoms with van der Waals surface area (Å²) in [5, 5.41) is 0. The SMILES string of the molecule is CC(C)c1ccc(-c2ccc3c(c2)B2c4cc(C(C)(C)C)ccc4N(c4ccccc4-c4ccccc4)c4cc(C(C)(C)C)cc(c42)N3c2ccc(-c3ccccc3)cc2)c(C(C)(C)C)c1. The van der Waals surface area contributed by atoms with Crippen LogP contribution >= 0.6 is 0 Å². The van der Waals surface area contributed by atoms with Crippen LogP contribution in [0.4, 0.5) is 34.1 Å². The molecule has 3 heteroatoms. The Hall–Kier alpha value is -6.58. The molecule has 0 atom stereocenters. The van der Waals surface area contributed by atoms with Crippen LogP contribution in [0.25, 0.3) is 33.4 Å². The minimum atomic E-state index is -0.125. The van der Waals surface area contributed by atoms with E-state index in [2.05, 4.69) is 262 Å². The van der Waals surface area contributed by atoms with Crippen LogP contribution in [-0.2, 0) is 16.2 Å². The van der Waals surface area contributed by atoms with Crippen LogP contribution in [0, 0.1) is 0 Å². The van der Waals surface area contributed by atoms with E-state index < -0.39 is 0 Å². The first kappa shape index (κ1) is 43.3. The van der Waals surface area contributed by atoms with E-state index in [0.29, 0.717) is 5.92 Å². The molecule has 8 aromatic carbocycles. The molecule has 8 aromatic rings. The smallest absolute Gasteiger partial charge is 0.252 e. The Bertz CT molecular complexity index is 3100. The molecule has 0 radical (unpaired) electrons. The van der Waals surface area contributed by atoms with Crippen molar-refractivity contribution >= 4 is 57.2 Å². The zero-order chi connectivity index (χ0) is 46.3. The average molecular weight is 859 g/mol. The minimum Gasteiger partial charge on any atom is -0.311 e. The van der Waals surface area contributed by atoms with E-state index in [1.807, 2.05) is 0 Å². The molecule has 328 valence electrons. The summed E-state index contributed by atoms with van der Waals surface area (Å²) in [6.07, 6.45) is 0. The first-order valence-electron chi connectivity index (χ1n) is 24.0. The number of rotatable bonds is 6. The van der Waals surface area contributed by atoms with E-state index in [1.54, 1.807) is 0 Å². The highest BCUT2D eigenvalue weighted by atomic mass is 15.2. The molecule has 2 nitrogen and oxygen atoms in total. The normalized spacial score (nSPS) is 13.4. The third-order valence-electron chi connectivity index (χ3n) is 14.1. The fourth-order valence-corrected chi connectivity index (χ4v) is 10.4. The molecule has 0 N–H and O–H groups in total. The van der Waals surface area contributed by atoms with Gasteiger partial charge < -0.3 is 9.80 Å². The summed E-state index contributed by atoms with van der Waals surface area (Å²) in [5.41, 5.74) is 23.9. The fraction of sp³-hybridized carbons (Fsp3) is 0.238. The lowest BCUT2D eigenvalue weighted by Gasteiger charge is -2.46. The van der Waals surface area contributed by atoms with Gasteiger partial charge in [-0.15, -0.1) is 0 Å². The van der Waals surface area contributed by atoms with Crippen LogP contribution in [0.3, 0.4) is 0 Å². The molecule has 0 unspecified atom stereocenters. The van der Waals surface area contributed by atoms with Crippen molar-refractivity contribution in [2.75, 3.05) is 9.80 Å². The van der Waals surface area contributed by atoms with Gasteiger partial charge in [-0.05, 0) is 131 Å². The zero-order valence-corrected chi connectivity index (χ0v) is 40.8. The maximum Gasteiger partial charge on any atom is 0.252 e. The molecule has 0 saturated carbocycles. The lowest BCUT2D eigenvalue weighted by Crippen LogP contribution is -2.61. The van der Waals surface area contributed by atoms with Crippen LogP contribution in [0.2, 0.25) is 0 Å². The molecule has 66 heavy (non-hydrogen) atoms. The molecule has 0 amide bonds. The van der Waals surface area contributed by atoms with Gasteiger partial charge >= 0.3 is 0 Å². The topological polar surface area (TPSA) is 6.48 Å². The van der Waals surface area contributed by atoms with Gasteiger partial charge in [0.1, 0.15) is 0 Å². The number of hydrogen-bond donors (Lipinski definition) is 0. The van der Waals surface area contributed by atoms with Gasteiger partial charge in [0, 0.05) is 34.0 Å². The molecule has 0 saturated heterocycles. The Morgan fingerprint density at radius 3 is 1.56 bits per heavy atom. The molecule has 0 spiro atoms. The fourth-order valence-electron chi connectivity index (χ4n) is 10.4. The van der Waals surface area contributed by atoms with Gasteiger partial charge in [0.05, 0.1) is 5.69 Å². The van der Waals surface area contributed by atoms with Gasteiger partial charge in [-0.2, -0.15) is 0 Å². The first-order chi connectivity index (χ1) is 31.5. The summed E-state index contributed by atoms with van der Waals surface area (Å²) in [6.45, 7) is 25.8. The lowest BCUT2D eigenvalue weighted by molar-refractivity contribution is 0.590. The maximum absolute atomic E-state index is 2.60. The second-order valence-corrected chi connectivity index (χ2v) is 22.1. The third-order valence-corrected chi connectivity index (χ3v) is 14.1. The average Bonchev–Trinajstić information content (AvgIpc) is 3.30. The number of benzene rings is 8. The van der Waals surface area contributed by atoms with Gasteiger partial charge in [-0.1, -0.05) is 210 Å². The number of fused-ring (bicyclic) bond motifs is 4. The summed E-state index contributed by atoms with van der Waals surface area (Å²) in [5.74, 6) is 0.448. The molecule has 0 aliphatic carbocycles. The zero-order valence-electron chi connectivity index (χ0n) is 40.8. The van der Waals surface area contributed by atoms with Gasteiger partial charge in [0.25, 0.3) is 6.71 Å². The number of hydrogen-bond acceptors (Lipinski definition) is 2. The lowest BCUT2D eigenvalue weighted by atomic mass is 9.33. The molecule has 2 aliphatic rings. The summed E-state index contributed by atoms with van der Waals surface area (Å²) >= 11 is 0. The number of para-hydroxylation sites is 1. The summed E-state index contributed by atoms with van der Waals surface area (Å²) < 4.78 is 0. The largest absolute Gasteiger partial charge is 0.311 e. The summed E-state index contributed by atoms with van der Waals surface area (Å²) in [6, 6.07) is 66.8. The van der Waals surface area contributed by atoms with Crippen molar-refractivity contribution < 1.29 is 0 Å². The molecular formula is C63H63BN2. The van der Waals surface area contributed by atoms with Gasteiger partial charge in [0.2, 0.25) is 0 Å². The molecule has 2 aliphatic heterocycles. The molecular weight excluding hydrogens is 796 g/mol. The number of anilines is 6. The Labute approximate surface area is 395 Å². The van der Waals surface area contributed by atoms with Crippen molar-refractivity contribution in [2.45, 2.75) is 98.3 Å². The predicted octanol–water partition coefficient (Wildman–Crippen LogP) is 15.8. The predicted molar refractivity (Wildman–Crippen MR) is 287 cm³/mol. The van der Waals surface area contributed by atoms with E-state index in [0.717, 1.165) is 5.69 Å². The highest BCUT2D eigenvalue weighted by Gasteiger charge is 2.45. The van der Waals surface area contributed by atoms with Crippen molar-refractivity contribution in [3.8, 4) is 33.4 Å². The van der Waals surface area contributed by atoms with Crippen molar-refractivity contribution in [1.29, 1.82) is 0 Å². The van der Waals surface area contributed by atoms with Crippen LogP contribution in [0.5, 0.6) is 0 Å². The van der Waals surface area contributed by atoms with Crippen LogP contribution in [-0.4, -0.2) is 6.71 Å². The maximum atomic E-state index is 2.60. The van der Waals surface area contributed by atoms with Crippen molar-refractivity contribution in [2.24, 2.45) is 0 Å². The monoisotopic (exact) mass is 859 g/mol. The van der Waals surface area contributed by atoms with E-state index in [9.17, 15) is 0 Å². The van der Waals surface area contributed by atoms with Crippen molar-refractivity contribution in [3.05, 3.63) is 198 Å². The van der Waals surface area contributed by atoms with Gasteiger partial charge in [-0.3, -0.25) is 0 Å². The summed E-state index contributed by atoms with van der Waals surface area (Å²) in [4.78, 5) is 5.17. The Morgan fingerprint density at radius 2 is 0.924 bits per heavy atom. The van der Waals surface area contributed by atoms with E-state index in [4.69, 9.17) is 0 Å². The summed E-state index contributed by atoms with van der Waals surface area (Å²) in [7, 11) is 0. The first-order valence-corrected chi connectivity index (χ1v) is 24.0. The van der Waals surface area contributed by atoms with Gasteiger partial charge in [-0.25, -0.2) is 0 Å². The minimum absolute atomic E-state index is 0.0238. The highest BCUT2D eigenvalue weighted by Crippen LogP contribution is 2.49. The standard InChI is InChI=1S/C63H63BN2/c1-41(2)45-28-33-50(52(36-45)63(9,10)11)46-29-34-56-53(37-46)64-54-38-47(61(3,4)5)30-35-57(54)66(55-25-19-18-24-51(55)44-22-16-13-17-23-44)59-40-48(62(6,7)8)39-58(60(59)64)65(56)49-31-26-43(27-32-49)42-20-14-12-15-21-42/h12-41H,1-11H3. The Balaban J connectivity index is 1.31. The molecule has 2 heterocycles. The van der Waals surface area contributed by atoms with Crippen molar-refractivity contribution in [1.82, 2.24) is 0 Å². The molecule has 0 aromatic heterocycles.